The van der Waals surface area contributed by atoms with Crippen molar-refractivity contribution in [2.24, 2.45) is 5.18 Å². The molecule has 0 spiro atoms. The van der Waals surface area contributed by atoms with Crippen LogP contribution in [0.15, 0.2) is 5.18 Å². The van der Waals surface area contributed by atoms with Gasteiger partial charge in [-0.1, -0.05) is 0 Å². The fourth-order valence-electron chi connectivity index (χ4n) is 0.254. The Morgan fingerprint density at radius 2 is 1.90 bits per heavy atom. The zero-order valence-corrected chi connectivity index (χ0v) is 5.62. The number of ketones is 1. The van der Waals surface area contributed by atoms with Crippen molar-refractivity contribution in [1.29, 1.82) is 0 Å². The summed E-state index contributed by atoms with van der Waals surface area (Å²) in [5.74, 6) is -2.29. The highest BCUT2D eigenvalue weighted by atomic mass is 16.4. The van der Waals surface area contributed by atoms with Gasteiger partial charge in [0.15, 0.2) is 5.78 Å². The third kappa shape index (κ3) is 1.18. The molecule has 0 aromatic heterocycles. The van der Waals surface area contributed by atoms with E-state index in [2.05, 4.69) is 5.18 Å². The number of aliphatic carboxylic acids is 1. The van der Waals surface area contributed by atoms with Gasteiger partial charge < -0.3 is 5.11 Å². The second-order valence-corrected chi connectivity index (χ2v) is 2.02. The Morgan fingerprint density at radius 3 is 1.90 bits per heavy atom. The molecule has 1 unspecified atom stereocenters. The van der Waals surface area contributed by atoms with Crippen LogP contribution >= 0.6 is 0 Å². The fraction of sp³-hybridized carbons (Fsp3) is 0.600. The monoisotopic (exact) mass is 145 g/mol. The summed E-state index contributed by atoms with van der Waals surface area (Å²) in [5, 5.41) is 10.5. The van der Waals surface area contributed by atoms with E-state index in [1.165, 1.54) is 0 Å². The van der Waals surface area contributed by atoms with Crippen LogP contribution in [0.3, 0.4) is 0 Å². The first-order valence-corrected chi connectivity index (χ1v) is 2.54. The zero-order valence-electron chi connectivity index (χ0n) is 5.62. The quantitative estimate of drug-likeness (QED) is 0.453. The van der Waals surface area contributed by atoms with Gasteiger partial charge in [0.25, 0.3) is 5.54 Å². The van der Waals surface area contributed by atoms with E-state index in [4.69, 9.17) is 5.11 Å². The van der Waals surface area contributed by atoms with Gasteiger partial charge in [-0.15, -0.1) is 4.91 Å². The van der Waals surface area contributed by atoms with Crippen LogP contribution in [0, 0.1) is 4.91 Å². The number of rotatable bonds is 3. The molecule has 0 saturated carbocycles. The molecule has 1 atom stereocenters. The number of carbonyl (C=O) groups is 2. The number of hydrogen-bond acceptors (Lipinski definition) is 4. The van der Waals surface area contributed by atoms with Crippen molar-refractivity contribution < 1.29 is 14.7 Å². The minimum absolute atomic E-state index is 0.769. The second-order valence-electron chi connectivity index (χ2n) is 2.02. The molecular formula is C5H7NO4. The van der Waals surface area contributed by atoms with E-state index in [0.29, 0.717) is 0 Å². The van der Waals surface area contributed by atoms with Crippen molar-refractivity contribution in [3.8, 4) is 0 Å². The lowest BCUT2D eigenvalue weighted by molar-refractivity contribution is -0.146. The maximum atomic E-state index is 10.5. The van der Waals surface area contributed by atoms with Gasteiger partial charge in [0.2, 0.25) is 0 Å². The number of carbonyl (C=O) groups excluding carboxylic acids is 1. The van der Waals surface area contributed by atoms with E-state index in [1.807, 2.05) is 0 Å². The molecule has 0 aliphatic carbocycles. The third-order valence-corrected chi connectivity index (χ3v) is 1.28. The Kier molecular flexibility index (Phi) is 2.23. The van der Waals surface area contributed by atoms with Crippen LogP contribution in [0.5, 0.6) is 0 Å². The Balaban J connectivity index is 4.72. The van der Waals surface area contributed by atoms with Crippen LogP contribution in [0.4, 0.5) is 0 Å². The highest BCUT2D eigenvalue weighted by Crippen LogP contribution is 2.10. The molecule has 0 rings (SSSR count). The molecule has 0 aliphatic heterocycles. The summed E-state index contributed by atoms with van der Waals surface area (Å²) >= 11 is 0. The molecule has 0 bridgehead atoms. The lowest BCUT2D eigenvalue weighted by Gasteiger charge is -2.09. The summed E-state index contributed by atoms with van der Waals surface area (Å²) in [7, 11) is 0. The Bertz CT molecular complexity index is 172. The molecule has 0 radical (unpaired) electrons. The van der Waals surface area contributed by atoms with Crippen molar-refractivity contribution in [3.63, 3.8) is 0 Å². The summed E-state index contributed by atoms with van der Waals surface area (Å²) in [6.07, 6.45) is 0. The van der Waals surface area contributed by atoms with Crippen molar-refractivity contribution in [3.05, 3.63) is 4.91 Å². The van der Waals surface area contributed by atoms with Gasteiger partial charge in [-0.05, 0) is 19.0 Å². The molecule has 10 heavy (non-hydrogen) atoms. The lowest BCUT2D eigenvalue weighted by atomic mass is 10.00. The smallest absolute Gasteiger partial charge is 0.342 e. The van der Waals surface area contributed by atoms with Crippen molar-refractivity contribution >= 4 is 11.8 Å². The molecule has 0 aromatic carbocycles. The molecular weight excluding hydrogens is 138 g/mol. The summed E-state index contributed by atoms with van der Waals surface area (Å²) in [6.45, 7) is 1.97. The largest absolute Gasteiger partial charge is 0.479 e. The first-order chi connectivity index (χ1) is 4.45. The third-order valence-electron chi connectivity index (χ3n) is 1.28. The molecule has 0 heterocycles. The van der Waals surface area contributed by atoms with E-state index in [-0.39, 0.29) is 0 Å². The summed E-state index contributed by atoms with van der Waals surface area (Å²) < 4.78 is 0. The number of nitrogens with zero attached hydrogens (tertiary/aromatic N) is 1. The first-order valence-electron chi connectivity index (χ1n) is 2.54. The van der Waals surface area contributed by atoms with Crippen LogP contribution in [-0.4, -0.2) is 22.4 Å². The van der Waals surface area contributed by atoms with E-state index in [9.17, 15) is 14.5 Å². The summed E-state index contributed by atoms with van der Waals surface area (Å²) in [6, 6.07) is 0. The highest BCUT2D eigenvalue weighted by Gasteiger charge is 2.40. The average molecular weight is 145 g/mol. The molecule has 0 aliphatic rings. The van der Waals surface area contributed by atoms with E-state index < -0.39 is 17.3 Å². The fourth-order valence-corrected chi connectivity index (χ4v) is 0.254. The number of Topliss-reactive ketones (excluding diaryl/α,β-unsaturated/α-hetero) is 1. The normalized spacial score (nSPS) is 15.4. The van der Waals surface area contributed by atoms with Gasteiger partial charge in [-0.3, -0.25) is 4.79 Å². The van der Waals surface area contributed by atoms with Crippen molar-refractivity contribution in [2.75, 3.05) is 0 Å². The van der Waals surface area contributed by atoms with E-state index in [1.54, 1.807) is 0 Å². The number of hydrogen-bond donors (Lipinski definition) is 1. The average Bonchev–Trinajstić information content (AvgIpc) is 1.85. The molecule has 0 fully saturated rings. The molecule has 5 heteroatoms. The van der Waals surface area contributed by atoms with Gasteiger partial charge in [-0.25, -0.2) is 4.79 Å². The van der Waals surface area contributed by atoms with Gasteiger partial charge in [0, 0.05) is 0 Å². The van der Waals surface area contributed by atoms with Gasteiger partial charge in [0.05, 0.1) is 0 Å². The number of carboxylic acid groups (broad SMARTS) is 1. The van der Waals surface area contributed by atoms with Crippen molar-refractivity contribution in [2.45, 2.75) is 19.4 Å². The lowest BCUT2D eigenvalue weighted by Crippen LogP contribution is -2.39. The molecule has 0 aromatic rings. The maximum absolute atomic E-state index is 10.5. The van der Waals surface area contributed by atoms with E-state index in [0.717, 1.165) is 13.8 Å². The van der Waals surface area contributed by atoms with Crippen LogP contribution < -0.4 is 0 Å². The SMILES string of the molecule is CC(=O)C(C)(N=O)C(=O)O. The highest BCUT2D eigenvalue weighted by molar-refractivity contribution is 6.06. The Morgan fingerprint density at radius 1 is 1.50 bits per heavy atom. The molecule has 56 valence electrons. The van der Waals surface area contributed by atoms with Crippen molar-refractivity contribution in [1.82, 2.24) is 0 Å². The summed E-state index contributed by atoms with van der Waals surface area (Å²) in [5.41, 5.74) is -2.11. The van der Waals surface area contributed by atoms with Gasteiger partial charge in [-0.2, -0.15) is 0 Å². The zero-order chi connectivity index (χ0) is 8.36. The minimum Gasteiger partial charge on any atom is -0.479 e. The van der Waals surface area contributed by atoms with Crippen LogP contribution in [-0.2, 0) is 9.59 Å². The molecule has 5 nitrogen and oxygen atoms in total. The van der Waals surface area contributed by atoms with Crippen LogP contribution in [0.2, 0.25) is 0 Å². The number of nitroso groups, excluding NO2 is 1. The maximum Gasteiger partial charge on any atom is 0.342 e. The Labute approximate surface area is 57.0 Å². The topological polar surface area (TPSA) is 83.8 Å². The molecule has 0 saturated heterocycles. The first kappa shape index (κ1) is 8.74. The summed E-state index contributed by atoms with van der Waals surface area (Å²) in [4.78, 5) is 30.5. The minimum atomic E-state index is -2.11. The van der Waals surface area contributed by atoms with Gasteiger partial charge >= 0.3 is 5.97 Å². The Hall–Kier alpha value is -1.26. The second kappa shape index (κ2) is 2.55. The molecule has 0 amide bonds. The van der Waals surface area contributed by atoms with E-state index >= 15 is 0 Å². The predicted octanol–water partition coefficient (Wildman–Crippen LogP) is 0.185. The standard InChI is InChI=1S/C5H7NO4/c1-3(7)5(2,6-10)4(8)9/h1-2H3,(H,8,9). The van der Waals surface area contributed by atoms with Crippen LogP contribution in [0.25, 0.3) is 0 Å². The van der Waals surface area contributed by atoms with Crippen LogP contribution in [0.1, 0.15) is 13.8 Å². The molecule has 1 N–H and O–H groups in total. The van der Waals surface area contributed by atoms with Gasteiger partial charge in [0.1, 0.15) is 0 Å². The number of carboxylic acids is 1. The predicted molar refractivity (Wildman–Crippen MR) is 32.5 cm³/mol.